The molecule has 0 aliphatic heterocycles. The van der Waals surface area contributed by atoms with Crippen LogP contribution in [0.4, 0.5) is 0 Å². The molecule has 4 nitrogen and oxygen atoms in total. The molecule has 0 aliphatic carbocycles. The van der Waals surface area contributed by atoms with E-state index in [0.717, 1.165) is 24.1 Å². The Morgan fingerprint density at radius 3 is 2.80 bits per heavy atom. The monoisotopic (exact) mass is 273 g/mol. The number of nitrogens with one attached hydrogen (secondary N) is 1. The lowest BCUT2D eigenvalue weighted by atomic mass is 10.0. The van der Waals surface area contributed by atoms with Gasteiger partial charge in [0.1, 0.15) is 0 Å². The van der Waals surface area contributed by atoms with E-state index in [-0.39, 0.29) is 12.5 Å². The Kier molecular flexibility index (Phi) is 6.78. The molecule has 0 aliphatic rings. The number of nitrogens with zero attached hydrogens (tertiary/aromatic N) is 1. The highest BCUT2D eigenvalue weighted by atomic mass is 16.1. The van der Waals surface area contributed by atoms with E-state index in [0.29, 0.717) is 12.1 Å². The van der Waals surface area contributed by atoms with Crippen LogP contribution in [0.5, 0.6) is 0 Å². The molecule has 0 saturated carbocycles. The van der Waals surface area contributed by atoms with Gasteiger partial charge in [0.25, 0.3) is 5.91 Å². The van der Waals surface area contributed by atoms with E-state index in [1.54, 1.807) is 0 Å². The lowest BCUT2D eigenvalue weighted by Gasteiger charge is -2.11. The van der Waals surface area contributed by atoms with E-state index in [2.05, 4.69) is 22.1 Å². The van der Waals surface area contributed by atoms with Gasteiger partial charge in [0.2, 0.25) is 0 Å². The van der Waals surface area contributed by atoms with E-state index < -0.39 is 0 Å². The molecule has 0 radical (unpaired) electrons. The second kappa shape index (κ2) is 8.36. The van der Waals surface area contributed by atoms with Crippen LogP contribution in [0.25, 0.3) is 0 Å². The SMILES string of the molecule is Cc1ccc(C#CCN)c(C(=O)NCCCN(C)C)c1. The van der Waals surface area contributed by atoms with Crippen molar-refractivity contribution in [3.63, 3.8) is 0 Å². The van der Waals surface area contributed by atoms with Gasteiger partial charge < -0.3 is 16.0 Å². The van der Waals surface area contributed by atoms with Gasteiger partial charge in [0, 0.05) is 12.1 Å². The second-order valence-electron chi connectivity index (χ2n) is 4.97. The van der Waals surface area contributed by atoms with Gasteiger partial charge in [-0.1, -0.05) is 23.5 Å². The van der Waals surface area contributed by atoms with Crippen LogP contribution in [0.1, 0.15) is 27.9 Å². The molecule has 0 heterocycles. The molecule has 1 amide bonds. The van der Waals surface area contributed by atoms with Crippen molar-refractivity contribution in [1.82, 2.24) is 10.2 Å². The predicted octanol–water partition coefficient (Wildman–Crippen LogP) is 0.987. The van der Waals surface area contributed by atoms with Gasteiger partial charge in [0.05, 0.1) is 12.1 Å². The summed E-state index contributed by atoms with van der Waals surface area (Å²) < 4.78 is 0. The molecule has 1 aromatic carbocycles. The largest absolute Gasteiger partial charge is 0.352 e. The molecular formula is C16H23N3O. The second-order valence-corrected chi connectivity index (χ2v) is 4.97. The first-order valence-corrected chi connectivity index (χ1v) is 6.77. The smallest absolute Gasteiger partial charge is 0.252 e. The summed E-state index contributed by atoms with van der Waals surface area (Å²) in [4.78, 5) is 14.3. The molecule has 20 heavy (non-hydrogen) atoms. The molecule has 0 atom stereocenters. The molecule has 0 fully saturated rings. The van der Waals surface area contributed by atoms with Gasteiger partial charge >= 0.3 is 0 Å². The first kappa shape index (κ1) is 16.2. The number of benzene rings is 1. The van der Waals surface area contributed by atoms with Crippen LogP contribution in [0.2, 0.25) is 0 Å². The maximum absolute atomic E-state index is 12.2. The van der Waals surface area contributed by atoms with Crippen LogP contribution in [-0.2, 0) is 0 Å². The van der Waals surface area contributed by atoms with Crippen molar-refractivity contribution < 1.29 is 4.79 Å². The number of carbonyl (C=O) groups is 1. The van der Waals surface area contributed by atoms with Crippen molar-refractivity contribution in [2.45, 2.75) is 13.3 Å². The molecule has 1 rings (SSSR count). The average Bonchev–Trinajstić information content (AvgIpc) is 2.41. The number of rotatable bonds is 5. The third kappa shape index (κ3) is 5.43. The maximum Gasteiger partial charge on any atom is 0.252 e. The Labute approximate surface area is 121 Å². The molecule has 0 unspecified atom stereocenters. The highest BCUT2D eigenvalue weighted by Crippen LogP contribution is 2.10. The van der Waals surface area contributed by atoms with Crippen LogP contribution in [0.3, 0.4) is 0 Å². The summed E-state index contributed by atoms with van der Waals surface area (Å²) in [5.41, 5.74) is 7.77. The fourth-order valence-electron chi connectivity index (χ4n) is 1.79. The maximum atomic E-state index is 12.2. The summed E-state index contributed by atoms with van der Waals surface area (Å²) in [6, 6.07) is 5.68. The van der Waals surface area contributed by atoms with E-state index in [9.17, 15) is 4.79 Å². The summed E-state index contributed by atoms with van der Waals surface area (Å²) in [5, 5.41) is 2.93. The highest BCUT2D eigenvalue weighted by Gasteiger charge is 2.09. The van der Waals surface area contributed by atoms with Crippen LogP contribution in [0, 0.1) is 18.8 Å². The van der Waals surface area contributed by atoms with Gasteiger partial charge in [-0.2, -0.15) is 0 Å². The topological polar surface area (TPSA) is 58.4 Å². The van der Waals surface area contributed by atoms with Crippen molar-refractivity contribution in [3.05, 3.63) is 34.9 Å². The van der Waals surface area contributed by atoms with Gasteiger partial charge in [0.15, 0.2) is 0 Å². The summed E-state index contributed by atoms with van der Waals surface area (Å²) >= 11 is 0. The molecule has 1 aromatic rings. The minimum Gasteiger partial charge on any atom is -0.352 e. The van der Waals surface area contributed by atoms with E-state index in [1.807, 2.05) is 39.2 Å². The normalized spacial score (nSPS) is 10.1. The third-order valence-corrected chi connectivity index (χ3v) is 2.81. The van der Waals surface area contributed by atoms with Crippen molar-refractivity contribution >= 4 is 5.91 Å². The standard InChI is InChI=1S/C16H23N3O/c1-13-7-8-14(6-4-9-17)15(12-13)16(20)18-10-5-11-19(2)3/h7-8,12H,5,9-11,17H2,1-3H3,(H,18,20). The number of aryl methyl sites for hydroxylation is 1. The summed E-state index contributed by atoms with van der Waals surface area (Å²) in [7, 11) is 4.03. The van der Waals surface area contributed by atoms with E-state index >= 15 is 0 Å². The summed E-state index contributed by atoms with van der Waals surface area (Å²) in [6.45, 7) is 3.86. The Morgan fingerprint density at radius 1 is 1.40 bits per heavy atom. The van der Waals surface area contributed by atoms with Crippen LogP contribution < -0.4 is 11.1 Å². The molecule has 4 heteroatoms. The molecule has 108 valence electrons. The lowest BCUT2D eigenvalue weighted by molar-refractivity contribution is 0.0952. The number of nitrogens with two attached hydrogens (primary N) is 1. The predicted molar refractivity (Wildman–Crippen MR) is 82.6 cm³/mol. The number of hydrogen-bond donors (Lipinski definition) is 2. The lowest BCUT2D eigenvalue weighted by Crippen LogP contribution is -2.27. The zero-order chi connectivity index (χ0) is 15.0. The molecular weight excluding hydrogens is 250 g/mol. The van der Waals surface area contributed by atoms with Gasteiger partial charge in [-0.3, -0.25) is 4.79 Å². The Balaban J connectivity index is 2.73. The quantitative estimate of drug-likeness (QED) is 0.621. The van der Waals surface area contributed by atoms with Gasteiger partial charge in [-0.15, -0.1) is 0 Å². The Hall–Kier alpha value is -1.83. The zero-order valence-corrected chi connectivity index (χ0v) is 12.5. The third-order valence-electron chi connectivity index (χ3n) is 2.81. The van der Waals surface area contributed by atoms with Gasteiger partial charge in [-0.05, 0) is 46.1 Å². The van der Waals surface area contributed by atoms with Crippen molar-refractivity contribution in [3.8, 4) is 11.8 Å². The minimum atomic E-state index is -0.0752. The molecule has 0 aromatic heterocycles. The van der Waals surface area contributed by atoms with E-state index in [4.69, 9.17) is 5.73 Å². The number of amides is 1. The molecule has 3 N–H and O–H groups in total. The van der Waals surface area contributed by atoms with Crippen molar-refractivity contribution in [2.24, 2.45) is 5.73 Å². The molecule has 0 spiro atoms. The van der Waals surface area contributed by atoms with Crippen LogP contribution in [0.15, 0.2) is 18.2 Å². The summed E-state index contributed by atoms with van der Waals surface area (Å²) in [6.07, 6.45) is 0.925. The van der Waals surface area contributed by atoms with Crippen molar-refractivity contribution in [1.29, 1.82) is 0 Å². The fourth-order valence-corrected chi connectivity index (χ4v) is 1.79. The summed E-state index contributed by atoms with van der Waals surface area (Å²) in [5.74, 6) is 5.66. The van der Waals surface area contributed by atoms with Crippen LogP contribution in [-0.4, -0.2) is 44.5 Å². The number of carbonyl (C=O) groups excluding carboxylic acids is 1. The molecule has 0 bridgehead atoms. The minimum absolute atomic E-state index is 0.0752. The zero-order valence-electron chi connectivity index (χ0n) is 12.5. The van der Waals surface area contributed by atoms with Gasteiger partial charge in [-0.25, -0.2) is 0 Å². The van der Waals surface area contributed by atoms with Crippen LogP contribution >= 0.6 is 0 Å². The van der Waals surface area contributed by atoms with Crippen molar-refractivity contribution in [2.75, 3.05) is 33.7 Å². The first-order chi connectivity index (χ1) is 9.54. The molecule has 0 saturated heterocycles. The fraction of sp³-hybridized carbons (Fsp3) is 0.438. The first-order valence-electron chi connectivity index (χ1n) is 6.77. The number of hydrogen-bond acceptors (Lipinski definition) is 3. The Morgan fingerprint density at radius 2 is 2.15 bits per heavy atom. The Bertz CT molecular complexity index is 512. The van der Waals surface area contributed by atoms with E-state index in [1.165, 1.54) is 0 Å². The highest BCUT2D eigenvalue weighted by molar-refractivity contribution is 5.96. The average molecular weight is 273 g/mol.